The number of carbonyl (C=O) groups is 1. The van der Waals surface area contributed by atoms with Crippen molar-refractivity contribution in [1.82, 2.24) is 4.57 Å². The summed E-state index contributed by atoms with van der Waals surface area (Å²) in [5, 5.41) is 2.23. The summed E-state index contributed by atoms with van der Waals surface area (Å²) in [4.78, 5) is 32.5. The molecule has 0 N–H and O–H groups in total. The lowest BCUT2D eigenvalue weighted by atomic mass is 9.95. The normalized spacial score (nSPS) is 14.7. The number of carbonyl (C=O) groups excluding carboxylic acids is 1. The number of allylic oxidation sites excluding steroid dienone is 1. The average Bonchev–Trinajstić information content (AvgIpc) is 3.36. The third-order valence-corrected chi connectivity index (χ3v) is 9.01. The molecule has 0 unspecified atom stereocenters. The number of ether oxygens (including phenoxy) is 3. The summed E-state index contributed by atoms with van der Waals surface area (Å²) in [7, 11) is 2.93. The molecule has 9 heteroatoms. The highest BCUT2D eigenvalue weighted by Crippen LogP contribution is 2.37. The number of rotatable bonds is 8. The van der Waals surface area contributed by atoms with E-state index in [-0.39, 0.29) is 5.56 Å². The van der Waals surface area contributed by atoms with Gasteiger partial charge in [-0.25, -0.2) is 9.79 Å². The fraction of sp³-hybridized carbons (Fsp3) is 0.171. The van der Waals surface area contributed by atoms with Crippen LogP contribution in [-0.4, -0.2) is 24.8 Å². The quantitative estimate of drug-likeness (QED) is 0.181. The van der Waals surface area contributed by atoms with Gasteiger partial charge in [0.15, 0.2) is 16.3 Å². The van der Waals surface area contributed by atoms with Gasteiger partial charge in [0.05, 0.1) is 36.1 Å². The van der Waals surface area contributed by atoms with Crippen LogP contribution in [0.5, 0.6) is 11.5 Å². The number of thiazole rings is 1. The van der Waals surface area contributed by atoms with Crippen LogP contribution < -0.4 is 24.4 Å². The number of aromatic nitrogens is 1. The Bertz CT molecular complexity index is 2090. The zero-order valence-corrected chi connectivity index (χ0v) is 26.8. The van der Waals surface area contributed by atoms with Crippen molar-refractivity contribution in [2.75, 3.05) is 14.2 Å². The summed E-state index contributed by atoms with van der Waals surface area (Å²) in [6, 6.07) is 26.8. The van der Waals surface area contributed by atoms with Gasteiger partial charge in [0.25, 0.3) is 5.56 Å². The van der Waals surface area contributed by atoms with Crippen LogP contribution in [0, 0.1) is 0 Å². The smallest absolute Gasteiger partial charge is 0.338 e. The molecule has 0 saturated heterocycles. The Morgan fingerprint density at radius 3 is 2.52 bits per heavy atom. The highest BCUT2D eigenvalue weighted by atomic mass is 79.9. The van der Waals surface area contributed by atoms with E-state index in [9.17, 15) is 9.59 Å². The van der Waals surface area contributed by atoms with E-state index in [1.54, 1.807) is 17.8 Å². The van der Waals surface area contributed by atoms with Gasteiger partial charge in [0.2, 0.25) is 0 Å². The second-order valence-electron chi connectivity index (χ2n) is 10.2. The molecule has 0 amide bonds. The molecule has 44 heavy (non-hydrogen) atoms. The third-order valence-electron chi connectivity index (χ3n) is 7.57. The lowest BCUT2D eigenvalue weighted by molar-refractivity contribution is -0.136. The van der Waals surface area contributed by atoms with Gasteiger partial charge in [-0.3, -0.25) is 9.36 Å². The van der Waals surface area contributed by atoms with E-state index in [1.807, 2.05) is 73.7 Å². The maximum Gasteiger partial charge on any atom is 0.338 e. The zero-order chi connectivity index (χ0) is 30.8. The number of methoxy groups -OCH3 is 2. The molecule has 222 valence electrons. The molecule has 0 radical (unpaired) electrons. The number of fused-ring (bicyclic) bond motifs is 2. The second-order valence-corrected chi connectivity index (χ2v) is 12.1. The molecule has 1 aliphatic heterocycles. The molecule has 0 spiro atoms. The maximum atomic E-state index is 14.2. The molecular weight excluding hydrogens is 640 g/mol. The minimum atomic E-state index is -0.670. The summed E-state index contributed by atoms with van der Waals surface area (Å²) in [5.41, 5.74) is 3.19. The van der Waals surface area contributed by atoms with Crippen LogP contribution in [0.1, 0.15) is 36.1 Å². The van der Waals surface area contributed by atoms with Crippen molar-refractivity contribution in [1.29, 1.82) is 0 Å². The SMILES string of the molecule is CCC1=C(C(=O)OC)[C@@H](c2ccccc2)n2c(s/c(=C/c3cc(Br)cc(OC)c3OCc3cccc4ccccc34)c2=O)=N1. The van der Waals surface area contributed by atoms with E-state index in [2.05, 4.69) is 34.1 Å². The molecule has 5 aromatic rings. The van der Waals surface area contributed by atoms with E-state index in [0.29, 0.717) is 50.7 Å². The van der Waals surface area contributed by atoms with Crippen molar-refractivity contribution in [3.8, 4) is 11.5 Å². The monoisotopic (exact) mass is 668 g/mol. The zero-order valence-electron chi connectivity index (χ0n) is 24.4. The number of hydrogen-bond donors (Lipinski definition) is 0. The summed E-state index contributed by atoms with van der Waals surface area (Å²) in [5.74, 6) is 0.537. The van der Waals surface area contributed by atoms with Gasteiger partial charge in [-0.05, 0) is 46.5 Å². The van der Waals surface area contributed by atoms with Gasteiger partial charge in [0.1, 0.15) is 6.61 Å². The number of nitrogens with zero attached hydrogens (tertiary/aromatic N) is 2. The van der Waals surface area contributed by atoms with Crippen LogP contribution in [0.2, 0.25) is 0 Å². The van der Waals surface area contributed by atoms with Crippen LogP contribution in [0.3, 0.4) is 0 Å². The van der Waals surface area contributed by atoms with Gasteiger partial charge in [-0.1, -0.05) is 107 Å². The molecule has 1 aliphatic rings. The van der Waals surface area contributed by atoms with Crippen LogP contribution in [0.4, 0.5) is 0 Å². The predicted molar refractivity (Wildman–Crippen MR) is 176 cm³/mol. The third kappa shape index (κ3) is 5.49. The second kappa shape index (κ2) is 12.6. The van der Waals surface area contributed by atoms with E-state index in [1.165, 1.54) is 18.4 Å². The summed E-state index contributed by atoms with van der Waals surface area (Å²) < 4.78 is 20.1. The van der Waals surface area contributed by atoms with Crippen LogP contribution in [0.15, 0.2) is 110 Å². The van der Waals surface area contributed by atoms with Gasteiger partial charge in [-0.15, -0.1) is 0 Å². The van der Waals surface area contributed by atoms with Crippen LogP contribution >= 0.6 is 27.3 Å². The van der Waals surface area contributed by atoms with Crippen molar-refractivity contribution >= 4 is 50.1 Å². The molecule has 0 bridgehead atoms. The molecule has 4 aromatic carbocycles. The Morgan fingerprint density at radius 1 is 1.02 bits per heavy atom. The van der Waals surface area contributed by atoms with E-state index in [4.69, 9.17) is 19.2 Å². The largest absolute Gasteiger partial charge is 0.493 e. The Hall–Kier alpha value is -4.47. The van der Waals surface area contributed by atoms with Crippen molar-refractivity contribution in [2.24, 2.45) is 4.99 Å². The lowest BCUT2D eigenvalue weighted by Gasteiger charge is -2.25. The molecular formula is C35H29BrN2O5S. The Balaban J connectivity index is 1.50. The van der Waals surface area contributed by atoms with Crippen molar-refractivity contribution in [2.45, 2.75) is 26.0 Å². The predicted octanol–water partition coefficient (Wildman–Crippen LogP) is 6.30. The number of hydrogen-bond acceptors (Lipinski definition) is 7. The van der Waals surface area contributed by atoms with Crippen LogP contribution in [-0.2, 0) is 16.1 Å². The number of benzene rings is 4. The van der Waals surface area contributed by atoms with Crippen molar-refractivity contribution in [3.05, 3.63) is 137 Å². The topological polar surface area (TPSA) is 79.1 Å². The van der Waals surface area contributed by atoms with E-state index in [0.717, 1.165) is 26.4 Å². The summed E-state index contributed by atoms with van der Waals surface area (Å²) in [6.45, 7) is 2.24. The van der Waals surface area contributed by atoms with Gasteiger partial charge >= 0.3 is 5.97 Å². The molecule has 7 nitrogen and oxygen atoms in total. The first-order chi connectivity index (χ1) is 21.4. The Labute approximate surface area is 266 Å². The first-order valence-corrected chi connectivity index (χ1v) is 15.7. The lowest BCUT2D eigenvalue weighted by Crippen LogP contribution is -2.40. The standard InChI is InChI=1S/C35H29BrN2O5S/c1-4-27-30(34(40)42-3)31(22-12-6-5-7-13-22)38-33(39)29(44-35(38)37-27)18-24-17-25(36)19-28(41-2)32(24)43-20-23-15-10-14-21-11-8-9-16-26(21)23/h5-19,31H,4,20H2,1-3H3/b29-18+/t31-/m1/s1. The fourth-order valence-corrected chi connectivity index (χ4v) is 6.99. The number of halogens is 1. The highest BCUT2D eigenvalue weighted by Gasteiger charge is 2.33. The van der Waals surface area contributed by atoms with Gasteiger partial charge in [0, 0.05) is 10.0 Å². The summed E-state index contributed by atoms with van der Waals surface area (Å²) in [6.07, 6.45) is 2.30. The molecule has 0 saturated carbocycles. The Kier molecular flexibility index (Phi) is 8.50. The minimum Gasteiger partial charge on any atom is -0.493 e. The first kappa shape index (κ1) is 29.6. The minimum absolute atomic E-state index is 0.266. The highest BCUT2D eigenvalue weighted by molar-refractivity contribution is 9.10. The number of esters is 1. The molecule has 0 fully saturated rings. The first-order valence-electron chi connectivity index (χ1n) is 14.1. The average molecular weight is 670 g/mol. The Morgan fingerprint density at radius 2 is 1.77 bits per heavy atom. The molecule has 2 heterocycles. The van der Waals surface area contributed by atoms with Gasteiger partial charge in [-0.2, -0.15) is 0 Å². The van der Waals surface area contributed by atoms with E-state index >= 15 is 0 Å². The van der Waals surface area contributed by atoms with Crippen molar-refractivity contribution < 1.29 is 19.0 Å². The molecule has 1 aromatic heterocycles. The molecule has 6 rings (SSSR count). The summed E-state index contributed by atoms with van der Waals surface area (Å²) >= 11 is 4.85. The van der Waals surface area contributed by atoms with E-state index < -0.39 is 12.0 Å². The van der Waals surface area contributed by atoms with Crippen molar-refractivity contribution in [3.63, 3.8) is 0 Å². The van der Waals surface area contributed by atoms with Gasteiger partial charge < -0.3 is 14.2 Å². The maximum absolute atomic E-state index is 14.2. The fourth-order valence-electron chi connectivity index (χ4n) is 5.53. The molecule has 1 atom stereocenters. The van der Waals surface area contributed by atoms with Crippen LogP contribution in [0.25, 0.3) is 16.8 Å². The molecule has 0 aliphatic carbocycles.